The molecule has 1 N–H and O–H groups in total. The number of aromatic nitrogens is 4. The van der Waals surface area contributed by atoms with Crippen molar-refractivity contribution in [2.24, 2.45) is 0 Å². The van der Waals surface area contributed by atoms with Crippen LogP contribution in [-0.4, -0.2) is 73.9 Å². The molecule has 0 saturated heterocycles. The number of nitrogens with zero attached hydrogens (tertiary/aromatic N) is 5. The Kier molecular flexibility index (Phi) is 14.3. The van der Waals surface area contributed by atoms with Gasteiger partial charge >= 0.3 is 0 Å². The number of hydrogen-bond acceptors (Lipinski definition) is 10. The molecule has 14 nitrogen and oxygen atoms in total. The van der Waals surface area contributed by atoms with Gasteiger partial charge in [0.1, 0.15) is 23.0 Å². The highest BCUT2D eigenvalue weighted by Gasteiger charge is 2.28. The van der Waals surface area contributed by atoms with E-state index in [1.165, 1.54) is 26.9 Å². The summed E-state index contributed by atoms with van der Waals surface area (Å²) < 4.78 is 77.9. The summed E-state index contributed by atoms with van der Waals surface area (Å²) in [7, 11) is -1.14. The lowest BCUT2D eigenvalue weighted by molar-refractivity contribution is 0.395. The Hall–Kier alpha value is -5.68. The SMILES string of the molecule is CCn1ccc(S(=O)(=O)N(Cc2ccc(OC)cc2)Cc2ccc(OC)cc2)n1.COc1ccc(CN(Cc2ccc(OC)cc2)S(=O)(=O)c2ccn[nH]2)cc1. The first-order valence-electron chi connectivity index (χ1n) is 17.5. The summed E-state index contributed by atoms with van der Waals surface area (Å²) in [6.45, 7) is 3.39. The standard InChI is InChI=1S/C21H25N3O4S.C19H21N3O4S/c1-4-23-14-13-21(22-23)29(25,26)24(15-17-5-9-19(27-2)10-6-17)16-18-7-11-20(28-3)12-8-18;1-25-17-7-3-15(4-8-17)13-22(27(23,24)19-11-12-20-21-19)14-16-5-9-18(26-2)10-6-16/h5-14H,4,15-16H2,1-3H3;3-12H,13-14H2,1-2H3,(H,20,21). The first-order chi connectivity index (χ1) is 27.0. The molecule has 0 saturated carbocycles. The van der Waals surface area contributed by atoms with Gasteiger partial charge in [-0.15, -0.1) is 0 Å². The van der Waals surface area contributed by atoms with Crippen LogP contribution in [0.5, 0.6) is 23.0 Å². The van der Waals surface area contributed by atoms with Crippen molar-refractivity contribution in [1.29, 1.82) is 0 Å². The molecule has 0 bridgehead atoms. The summed E-state index contributed by atoms with van der Waals surface area (Å²) in [4.78, 5) is 0. The lowest BCUT2D eigenvalue weighted by atomic mass is 10.2. The minimum Gasteiger partial charge on any atom is -0.497 e. The Bertz CT molecular complexity index is 2220. The molecule has 2 heterocycles. The van der Waals surface area contributed by atoms with E-state index in [0.717, 1.165) is 45.3 Å². The summed E-state index contributed by atoms with van der Waals surface area (Å²) in [5, 5.41) is 10.6. The zero-order valence-corrected chi connectivity index (χ0v) is 33.5. The first kappa shape index (κ1) is 41.5. The summed E-state index contributed by atoms with van der Waals surface area (Å²) in [6.07, 6.45) is 3.09. The molecule has 0 radical (unpaired) electrons. The van der Waals surface area contributed by atoms with Gasteiger partial charge in [0.25, 0.3) is 20.0 Å². The number of sulfonamides is 2. The Morgan fingerprint density at radius 3 is 1.18 bits per heavy atom. The number of methoxy groups -OCH3 is 4. The van der Waals surface area contributed by atoms with E-state index in [0.29, 0.717) is 6.54 Å². The highest BCUT2D eigenvalue weighted by atomic mass is 32.2. The first-order valence-corrected chi connectivity index (χ1v) is 20.4. The minimum absolute atomic E-state index is 0.0429. The average Bonchev–Trinajstić information content (AvgIpc) is 3.96. The fourth-order valence-corrected chi connectivity index (χ4v) is 8.17. The third kappa shape index (κ3) is 10.8. The smallest absolute Gasteiger partial charge is 0.262 e. The predicted octanol–water partition coefficient (Wildman–Crippen LogP) is 6.13. The molecule has 2 aromatic heterocycles. The Labute approximate surface area is 328 Å². The molecule has 6 aromatic rings. The van der Waals surface area contributed by atoms with Gasteiger partial charge in [-0.3, -0.25) is 9.78 Å². The van der Waals surface area contributed by atoms with Crippen LogP contribution < -0.4 is 18.9 Å². The zero-order chi connectivity index (χ0) is 40.1. The Morgan fingerprint density at radius 2 is 0.893 bits per heavy atom. The van der Waals surface area contributed by atoms with Crippen LogP contribution in [0.25, 0.3) is 0 Å². The van der Waals surface area contributed by atoms with Crippen LogP contribution >= 0.6 is 0 Å². The van der Waals surface area contributed by atoms with E-state index in [2.05, 4.69) is 15.3 Å². The molecule has 0 atom stereocenters. The molecule has 16 heteroatoms. The molecular weight excluding hydrogens is 757 g/mol. The van der Waals surface area contributed by atoms with Gasteiger partial charge in [0.05, 0.1) is 34.6 Å². The molecule has 296 valence electrons. The molecule has 0 amide bonds. The highest BCUT2D eigenvalue weighted by Crippen LogP contribution is 2.24. The maximum Gasteiger partial charge on any atom is 0.262 e. The molecule has 0 aliphatic carbocycles. The summed E-state index contributed by atoms with van der Waals surface area (Å²) in [5.74, 6) is 2.88. The van der Waals surface area contributed by atoms with Gasteiger partial charge in [0, 0.05) is 38.9 Å². The van der Waals surface area contributed by atoms with Gasteiger partial charge in [-0.1, -0.05) is 48.5 Å². The van der Waals surface area contributed by atoms with Crippen molar-refractivity contribution >= 4 is 20.0 Å². The molecule has 0 aliphatic rings. The van der Waals surface area contributed by atoms with E-state index in [-0.39, 0.29) is 36.2 Å². The Balaban J connectivity index is 0.000000215. The van der Waals surface area contributed by atoms with Crippen molar-refractivity contribution < 1.29 is 35.8 Å². The van der Waals surface area contributed by atoms with Gasteiger partial charge in [-0.2, -0.15) is 18.8 Å². The minimum atomic E-state index is -3.78. The second-order valence-electron chi connectivity index (χ2n) is 12.4. The fourth-order valence-electron chi connectivity index (χ4n) is 5.50. The van der Waals surface area contributed by atoms with Crippen LogP contribution in [0, 0.1) is 0 Å². The van der Waals surface area contributed by atoms with Crippen LogP contribution in [0.2, 0.25) is 0 Å². The molecular formula is C40H46N6O8S2. The molecule has 0 spiro atoms. The van der Waals surface area contributed by atoms with Gasteiger partial charge in [-0.05, 0) is 89.8 Å². The maximum absolute atomic E-state index is 13.3. The van der Waals surface area contributed by atoms with Crippen molar-refractivity contribution in [3.05, 3.63) is 144 Å². The third-order valence-corrected chi connectivity index (χ3v) is 12.1. The van der Waals surface area contributed by atoms with E-state index in [4.69, 9.17) is 18.9 Å². The maximum atomic E-state index is 13.3. The summed E-state index contributed by atoms with van der Waals surface area (Å²) >= 11 is 0. The number of nitrogens with one attached hydrogen (secondary N) is 1. The van der Waals surface area contributed by atoms with Crippen molar-refractivity contribution in [3.63, 3.8) is 0 Å². The quantitative estimate of drug-likeness (QED) is 0.114. The average molecular weight is 803 g/mol. The van der Waals surface area contributed by atoms with Crippen molar-refractivity contribution in [1.82, 2.24) is 28.6 Å². The Morgan fingerprint density at radius 1 is 0.536 bits per heavy atom. The molecule has 0 aliphatic heterocycles. The molecule has 4 aromatic carbocycles. The lowest BCUT2D eigenvalue weighted by Gasteiger charge is -2.22. The monoisotopic (exact) mass is 802 g/mol. The summed E-state index contributed by atoms with van der Waals surface area (Å²) in [5.41, 5.74) is 3.43. The molecule has 0 unspecified atom stereocenters. The van der Waals surface area contributed by atoms with Crippen molar-refractivity contribution in [2.45, 2.75) is 49.7 Å². The van der Waals surface area contributed by atoms with E-state index in [1.54, 1.807) is 39.3 Å². The number of hydrogen-bond donors (Lipinski definition) is 1. The van der Waals surface area contributed by atoms with Gasteiger partial charge in [-0.25, -0.2) is 16.8 Å². The number of rotatable bonds is 17. The van der Waals surface area contributed by atoms with E-state index >= 15 is 0 Å². The number of aryl methyl sites for hydroxylation is 1. The largest absolute Gasteiger partial charge is 0.497 e. The molecule has 0 fully saturated rings. The van der Waals surface area contributed by atoms with Crippen LogP contribution in [0.4, 0.5) is 0 Å². The van der Waals surface area contributed by atoms with E-state index in [9.17, 15) is 16.8 Å². The fraction of sp³-hybridized carbons (Fsp3) is 0.250. The highest BCUT2D eigenvalue weighted by molar-refractivity contribution is 7.89. The van der Waals surface area contributed by atoms with Crippen molar-refractivity contribution in [2.75, 3.05) is 28.4 Å². The van der Waals surface area contributed by atoms with Gasteiger partial charge in [0.15, 0.2) is 10.1 Å². The summed E-state index contributed by atoms with van der Waals surface area (Å²) in [6, 6.07) is 32.3. The van der Waals surface area contributed by atoms with Gasteiger partial charge in [0.2, 0.25) is 0 Å². The zero-order valence-electron chi connectivity index (χ0n) is 31.9. The van der Waals surface area contributed by atoms with Crippen LogP contribution in [0.3, 0.4) is 0 Å². The van der Waals surface area contributed by atoms with Crippen LogP contribution in [-0.2, 0) is 52.8 Å². The van der Waals surface area contributed by atoms with Crippen LogP contribution in [0.15, 0.2) is 132 Å². The lowest BCUT2D eigenvalue weighted by Crippen LogP contribution is -2.30. The van der Waals surface area contributed by atoms with Gasteiger partial charge < -0.3 is 18.9 Å². The second-order valence-corrected chi connectivity index (χ2v) is 16.2. The predicted molar refractivity (Wildman–Crippen MR) is 211 cm³/mol. The normalized spacial score (nSPS) is 11.6. The second kappa shape index (κ2) is 19.3. The topological polar surface area (TPSA) is 158 Å². The third-order valence-electron chi connectivity index (χ3n) is 8.71. The number of H-pyrrole nitrogens is 1. The van der Waals surface area contributed by atoms with E-state index in [1.807, 2.05) is 104 Å². The number of benzene rings is 4. The number of ether oxygens (including phenoxy) is 4. The van der Waals surface area contributed by atoms with E-state index < -0.39 is 20.0 Å². The van der Waals surface area contributed by atoms with Crippen LogP contribution in [0.1, 0.15) is 29.2 Å². The molecule has 56 heavy (non-hydrogen) atoms. The number of aromatic amines is 1. The molecule has 6 rings (SSSR count). The van der Waals surface area contributed by atoms with Crippen molar-refractivity contribution in [3.8, 4) is 23.0 Å².